The number of benzene rings is 1. The number of allylic oxidation sites excluding steroid dienone is 1. The zero-order chi connectivity index (χ0) is 15.9. The van der Waals surface area contributed by atoms with Gasteiger partial charge in [-0.3, -0.25) is 0 Å². The first-order valence-corrected chi connectivity index (χ1v) is 9.95. The van der Waals surface area contributed by atoms with E-state index in [0.29, 0.717) is 4.34 Å². The third kappa shape index (κ3) is 5.74. The van der Waals surface area contributed by atoms with Gasteiger partial charge in [-0.1, -0.05) is 53.1 Å². The lowest BCUT2D eigenvalue weighted by Crippen LogP contribution is -1.84. The fourth-order valence-electron chi connectivity index (χ4n) is 1.39. The fraction of sp³-hybridized carbons (Fsp3) is 0.231. The van der Waals surface area contributed by atoms with Crippen molar-refractivity contribution in [3.05, 3.63) is 45.3 Å². The van der Waals surface area contributed by atoms with Crippen LogP contribution in [0.4, 0.5) is 13.2 Å². The summed E-state index contributed by atoms with van der Waals surface area (Å²) in [6, 6.07) is 8.09. The third-order valence-corrected chi connectivity index (χ3v) is 6.74. The minimum atomic E-state index is -2.24. The maximum absolute atomic E-state index is 12.7. The molecule has 9 heteroatoms. The molecule has 2 nitrogen and oxygen atoms in total. The summed E-state index contributed by atoms with van der Waals surface area (Å²) in [5, 5.41) is 8.02. The van der Waals surface area contributed by atoms with E-state index in [1.807, 2.05) is 18.2 Å². The fourth-order valence-corrected chi connectivity index (χ4v) is 5.25. The van der Waals surface area contributed by atoms with E-state index in [1.54, 1.807) is 11.8 Å². The summed E-state index contributed by atoms with van der Waals surface area (Å²) in [5.74, 6) is -0.340. The van der Waals surface area contributed by atoms with Gasteiger partial charge in [-0.25, -0.2) is 4.39 Å². The lowest BCUT2D eigenvalue weighted by molar-refractivity contribution is 0.373. The molecule has 0 aliphatic heterocycles. The molecule has 0 spiro atoms. The molecule has 0 bridgehead atoms. The molecule has 118 valence electrons. The van der Waals surface area contributed by atoms with Gasteiger partial charge >= 0.3 is 6.08 Å². The Hall–Kier alpha value is -0.260. The minimum absolute atomic E-state index is 0.221. The number of halogens is 4. The van der Waals surface area contributed by atoms with Crippen molar-refractivity contribution in [2.75, 3.05) is 5.75 Å². The Morgan fingerprint density at radius 3 is 2.45 bits per heavy atom. The van der Waals surface area contributed by atoms with Gasteiger partial charge in [0, 0.05) is 21.5 Å². The van der Waals surface area contributed by atoms with Crippen LogP contribution >= 0.6 is 57.5 Å². The highest BCUT2D eigenvalue weighted by Crippen LogP contribution is 2.32. The summed E-state index contributed by atoms with van der Waals surface area (Å²) in [4.78, 5) is 0. The highest BCUT2D eigenvalue weighted by Gasteiger charge is 2.09. The Labute approximate surface area is 152 Å². The first kappa shape index (κ1) is 18.1. The molecule has 0 saturated carbocycles. The smallest absolute Gasteiger partial charge is 0.206 e. The maximum Gasteiger partial charge on any atom is 0.301 e. The van der Waals surface area contributed by atoms with Crippen LogP contribution in [0.15, 0.2) is 44.9 Å². The summed E-state index contributed by atoms with van der Waals surface area (Å²) in [6.07, 6.45) is -2.54. The zero-order valence-electron chi connectivity index (χ0n) is 11.1. The standard InChI is InChI=1S/C13H10F3IN2S3/c14-9(11(15)16)5-6-20-12-18-19-13(22-12)21-7-8-3-1-2-4-10(8)17/h1-4H,5-7H2. The first-order valence-electron chi connectivity index (χ1n) is 6.08. The van der Waals surface area contributed by atoms with E-state index in [2.05, 4.69) is 38.9 Å². The second-order valence-corrected chi connectivity index (χ2v) is 8.68. The van der Waals surface area contributed by atoms with E-state index in [-0.39, 0.29) is 12.2 Å². The van der Waals surface area contributed by atoms with Crippen LogP contribution < -0.4 is 0 Å². The second-order valence-electron chi connectivity index (χ2n) is 3.98. The van der Waals surface area contributed by atoms with Crippen molar-refractivity contribution in [2.24, 2.45) is 0 Å². The van der Waals surface area contributed by atoms with Crippen LogP contribution in [0.2, 0.25) is 0 Å². The molecule has 0 atom stereocenters. The molecule has 22 heavy (non-hydrogen) atoms. The molecule has 0 radical (unpaired) electrons. The van der Waals surface area contributed by atoms with E-state index in [9.17, 15) is 13.2 Å². The largest absolute Gasteiger partial charge is 0.301 e. The predicted molar refractivity (Wildman–Crippen MR) is 94.3 cm³/mol. The van der Waals surface area contributed by atoms with Gasteiger partial charge in [0.15, 0.2) is 14.5 Å². The molecule has 2 rings (SSSR count). The van der Waals surface area contributed by atoms with E-state index in [0.717, 1.165) is 10.1 Å². The van der Waals surface area contributed by atoms with E-state index < -0.39 is 11.9 Å². The number of nitrogens with zero attached hydrogens (tertiary/aromatic N) is 2. The van der Waals surface area contributed by atoms with Gasteiger partial charge < -0.3 is 0 Å². The summed E-state index contributed by atoms with van der Waals surface area (Å²) in [7, 11) is 0. The van der Waals surface area contributed by atoms with Gasteiger partial charge in [0.2, 0.25) is 0 Å². The van der Waals surface area contributed by atoms with Crippen LogP contribution in [-0.4, -0.2) is 16.0 Å². The molecule has 0 saturated heterocycles. The summed E-state index contributed by atoms with van der Waals surface area (Å²) in [5.41, 5.74) is 1.23. The summed E-state index contributed by atoms with van der Waals surface area (Å²) in [6.45, 7) is 0. The highest BCUT2D eigenvalue weighted by molar-refractivity contribution is 14.1. The van der Waals surface area contributed by atoms with Crippen molar-refractivity contribution in [2.45, 2.75) is 20.9 Å². The first-order chi connectivity index (χ1) is 10.6. The van der Waals surface area contributed by atoms with Crippen molar-refractivity contribution < 1.29 is 13.2 Å². The Morgan fingerprint density at radius 1 is 1.09 bits per heavy atom. The van der Waals surface area contributed by atoms with Crippen LogP contribution in [0, 0.1) is 3.57 Å². The lowest BCUT2D eigenvalue weighted by atomic mass is 10.2. The van der Waals surface area contributed by atoms with Crippen molar-refractivity contribution >= 4 is 57.5 Å². The normalized spacial score (nSPS) is 10.7. The van der Waals surface area contributed by atoms with Gasteiger partial charge in [-0.2, -0.15) is 8.78 Å². The van der Waals surface area contributed by atoms with E-state index >= 15 is 0 Å². The topological polar surface area (TPSA) is 25.8 Å². The van der Waals surface area contributed by atoms with Gasteiger partial charge in [0.1, 0.15) is 0 Å². The monoisotopic (exact) mass is 474 g/mol. The van der Waals surface area contributed by atoms with E-state index in [1.165, 1.54) is 32.2 Å². The summed E-state index contributed by atoms with van der Waals surface area (Å²) < 4.78 is 39.2. The van der Waals surface area contributed by atoms with Gasteiger partial charge in [-0.05, 0) is 34.2 Å². The Bertz CT molecular complexity index is 659. The van der Waals surface area contributed by atoms with Crippen molar-refractivity contribution in [1.29, 1.82) is 0 Å². The maximum atomic E-state index is 12.7. The molecular formula is C13H10F3IN2S3. The molecular weight excluding hydrogens is 464 g/mol. The SMILES string of the molecule is FC(F)=C(F)CCSc1nnc(SCc2ccccc2I)s1. The van der Waals surface area contributed by atoms with Gasteiger partial charge in [0.25, 0.3) is 0 Å². The van der Waals surface area contributed by atoms with Crippen LogP contribution in [0.1, 0.15) is 12.0 Å². The van der Waals surface area contributed by atoms with Crippen LogP contribution in [-0.2, 0) is 5.75 Å². The van der Waals surface area contributed by atoms with Crippen molar-refractivity contribution in [3.63, 3.8) is 0 Å². The molecule has 0 unspecified atom stereocenters. The Kier molecular flexibility index (Phi) is 7.51. The average Bonchev–Trinajstić information content (AvgIpc) is 2.94. The quantitative estimate of drug-likeness (QED) is 0.364. The number of thioether (sulfide) groups is 2. The highest BCUT2D eigenvalue weighted by atomic mass is 127. The molecule has 0 amide bonds. The Morgan fingerprint density at radius 2 is 1.77 bits per heavy atom. The molecule has 0 fully saturated rings. The second kappa shape index (κ2) is 9.14. The molecule has 1 aromatic carbocycles. The zero-order valence-corrected chi connectivity index (χ0v) is 15.7. The molecule has 2 aromatic rings. The molecule has 0 aliphatic carbocycles. The van der Waals surface area contributed by atoms with Crippen molar-refractivity contribution in [3.8, 4) is 0 Å². The lowest BCUT2D eigenvalue weighted by Gasteiger charge is -2.01. The molecule has 1 aromatic heterocycles. The number of hydrogen-bond donors (Lipinski definition) is 0. The third-order valence-electron chi connectivity index (χ3n) is 2.45. The van der Waals surface area contributed by atoms with Gasteiger partial charge in [0.05, 0.1) is 0 Å². The van der Waals surface area contributed by atoms with Crippen LogP contribution in [0.25, 0.3) is 0 Å². The van der Waals surface area contributed by atoms with Crippen molar-refractivity contribution in [1.82, 2.24) is 10.2 Å². The minimum Gasteiger partial charge on any atom is -0.206 e. The molecule has 0 aliphatic rings. The van der Waals surface area contributed by atoms with Crippen LogP contribution in [0.3, 0.4) is 0 Å². The predicted octanol–water partition coefficient (Wildman–Crippen LogP) is 5.99. The molecule has 0 N–H and O–H groups in total. The number of aromatic nitrogens is 2. The summed E-state index contributed by atoms with van der Waals surface area (Å²) >= 11 is 6.49. The average molecular weight is 474 g/mol. The number of hydrogen-bond acceptors (Lipinski definition) is 5. The number of rotatable bonds is 7. The van der Waals surface area contributed by atoms with Crippen LogP contribution in [0.5, 0.6) is 0 Å². The van der Waals surface area contributed by atoms with Gasteiger partial charge in [-0.15, -0.1) is 10.2 Å². The Balaban J connectivity index is 1.82. The molecule has 1 heterocycles. The van der Waals surface area contributed by atoms with E-state index in [4.69, 9.17) is 0 Å².